The number of pyridine rings is 1. The Kier molecular flexibility index (Phi) is 4.07. The fourth-order valence-corrected chi connectivity index (χ4v) is 1.23. The molecule has 0 aliphatic rings. The molecule has 14 heavy (non-hydrogen) atoms. The molecule has 0 bridgehead atoms. The zero-order valence-corrected chi connectivity index (χ0v) is 8.14. The summed E-state index contributed by atoms with van der Waals surface area (Å²) in [5.74, 6) is -0.522. The molecule has 4 heteroatoms. The number of carbonyl (C=O) groups is 1. The van der Waals surface area contributed by atoms with Crippen LogP contribution in [-0.4, -0.2) is 24.6 Å². The van der Waals surface area contributed by atoms with Crippen molar-refractivity contribution in [3.63, 3.8) is 0 Å². The molecule has 1 atom stereocenters. The lowest BCUT2D eigenvalue weighted by atomic mass is 10.0. The second kappa shape index (κ2) is 5.34. The quantitative estimate of drug-likeness (QED) is 0.703. The first-order valence-electron chi connectivity index (χ1n) is 4.44. The van der Waals surface area contributed by atoms with Gasteiger partial charge in [0.1, 0.15) is 0 Å². The third-order valence-corrected chi connectivity index (χ3v) is 2.05. The molecule has 0 fully saturated rings. The van der Waals surface area contributed by atoms with Gasteiger partial charge >= 0.3 is 5.97 Å². The van der Waals surface area contributed by atoms with Gasteiger partial charge in [-0.25, -0.2) is 0 Å². The highest BCUT2D eigenvalue weighted by atomic mass is 16.5. The average Bonchev–Trinajstić information content (AvgIpc) is 2.26. The van der Waals surface area contributed by atoms with Crippen LogP contribution < -0.4 is 5.73 Å². The summed E-state index contributed by atoms with van der Waals surface area (Å²) in [7, 11) is 1.37. The number of aromatic nitrogens is 1. The minimum atomic E-state index is -0.262. The molecular formula is C10H14N2O2. The topological polar surface area (TPSA) is 65.2 Å². The van der Waals surface area contributed by atoms with E-state index >= 15 is 0 Å². The van der Waals surface area contributed by atoms with Crippen molar-refractivity contribution in [2.45, 2.75) is 6.42 Å². The molecule has 0 radical (unpaired) electrons. The van der Waals surface area contributed by atoms with Crippen molar-refractivity contribution >= 4 is 5.97 Å². The van der Waals surface area contributed by atoms with E-state index in [-0.39, 0.29) is 11.9 Å². The summed E-state index contributed by atoms with van der Waals surface area (Å²) in [4.78, 5) is 15.1. The Morgan fingerprint density at radius 1 is 1.57 bits per heavy atom. The Morgan fingerprint density at radius 2 is 2.21 bits per heavy atom. The molecule has 1 aromatic rings. The second-order valence-corrected chi connectivity index (χ2v) is 3.02. The first-order chi connectivity index (χ1) is 6.77. The zero-order chi connectivity index (χ0) is 10.4. The van der Waals surface area contributed by atoms with E-state index in [1.807, 2.05) is 12.1 Å². The minimum Gasteiger partial charge on any atom is -0.469 e. The van der Waals surface area contributed by atoms with Gasteiger partial charge in [-0.15, -0.1) is 0 Å². The molecule has 76 valence electrons. The lowest BCUT2D eigenvalue weighted by molar-refractivity contribution is -0.145. The smallest absolute Gasteiger partial charge is 0.310 e. The summed E-state index contributed by atoms with van der Waals surface area (Å²) in [5.41, 5.74) is 6.52. The first-order valence-corrected chi connectivity index (χ1v) is 4.44. The van der Waals surface area contributed by atoms with Gasteiger partial charge in [-0.05, 0) is 24.1 Å². The minimum absolute atomic E-state index is 0.260. The van der Waals surface area contributed by atoms with Crippen LogP contribution in [0.25, 0.3) is 0 Å². The zero-order valence-electron chi connectivity index (χ0n) is 8.14. The lowest BCUT2D eigenvalue weighted by Gasteiger charge is -2.11. The predicted octanol–water partition coefficient (Wildman–Crippen LogP) is 0.372. The van der Waals surface area contributed by atoms with Crippen LogP contribution in [0.5, 0.6) is 0 Å². The number of carbonyl (C=O) groups excluding carboxylic acids is 1. The van der Waals surface area contributed by atoms with E-state index in [1.54, 1.807) is 12.4 Å². The van der Waals surface area contributed by atoms with Gasteiger partial charge in [0.25, 0.3) is 0 Å². The third-order valence-electron chi connectivity index (χ3n) is 2.05. The SMILES string of the molecule is COC(=O)C(CN)Cc1ccncc1. The van der Waals surface area contributed by atoms with Gasteiger partial charge in [-0.2, -0.15) is 0 Å². The van der Waals surface area contributed by atoms with Crippen molar-refractivity contribution in [2.24, 2.45) is 11.7 Å². The maximum absolute atomic E-state index is 11.2. The number of nitrogens with two attached hydrogens (primary N) is 1. The number of hydrogen-bond acceptors (Lipinski definition) is 4. The summed E-state index contributed by atoms with van der Waals surface area (Å²) in [6, 6.07) is 3.73. The lowest BCUT2D eigenvalue weighted by Crippen LogP contribution is -2.26. The monoisotopic (exact) mass is 194 g/mol. The Hall–Kier alpha value is -1.42. The van der Waals surface area contributed by atoms with Gasteiger partial charge in [0.2, 0.25) is 0 Å². The van der Waals surface area contributed by atoms with E-state index in [2.05, 4.69) is 9.72 Å². The number of rotatable bonds is 4. The normalized spacial score (nSPS) is 12.1. The van der Waals surface area contributed by atoms with Crippen LogP contribution in [0.3, 0.4) is 0 Å². The molecule has 0 aromatic carbocycles. The largest absolute Gasteiger partial charge is 0.469 e. The highest BCUT2D eigenvalue weighted by Gasteiger charge is 2.17. The predicted molar refractivity (Wildman–Crippen MR) is 52.5 cm³/mol. The molecule has 0 amide bonds. The van der Waals surface area contributed by atoms with E-state index in [1.165, 1.54) is 7.11 Å². The molecule has 1 rings (SSSR count). The maximum Gasteiger partial charge on any atom is 0.310 e. The van der Waals surface area contributed by atoms with Gasteiger partial charge in [0.15, 0.2) is 0 Å². The maximum atomic E-state index is 11.2. The molecule has 2 N–H and O–H groups in total. The van der Waals surface area contributed by atoms with Gasteiger partial charge in [-0.3, -0.25) is 9.78 Å². The van der Waals surface area contributed by atoms with Crippen molar-refractivity contribution in [3.05, 3.63) is 30.1 Å². The van der Waals surface area contributed by atoms with Crippen molar-refractivity contribution in [1.82, 2.24) is 4.98 Å². The van der Waals surface area contributed by atoms with E-state index in [0.29, 0.717) is 13.0 Å². The van der Waals surface area contributed by atoms with Crippen molar-refractivity contribution in [2.75, 3.05) is 13.7 Å². The molecule has 0 spiro atoms. The van der Waals surface area contributed by atoms with E-state index in [0.717, 1.165) is 5.56 Å². The van der Waals surface area contributed by atoms with E-state index in [4.69, 9.17) is 5.73 Å². The van der Waals surface area contributed by atoms with Crippen molar-refractivity contribution < 1.29 is 9.53 Å². The van der Waals surface area contributed by atoms with Crippen LogP contribution in [-0.2, 0) is 16.0 Å². The molecule has 0 saturated heterocycles. The molecule has 0 aliphatic carbocycles. The van der Waals surface area contributed by atoms with E-state index < -0.39 is 0 Å². The van der Waals surface area contributed by atoms with Crippen LogP contribution in [0.15, 0.2) is 24.5 Å². The summed E-state index contributed by atoms with van der Waals surface area (Å²) < 4.78 is 4.64. The third kappa shape index (κ3) is 2.81. The molecule has 1 unspecified atom stereocenters. The fourth-order valence-electron chi connectivity index (χ4n) is 1.23. The molecule has 0 aliphatic heterocycles. The number of methoxy groups -OCH3 is 1. The van der Waals surface area contributed by atoms with E-state index in [9.17, 15) is 4.79 Å². The van der Waals surface area contributed by atoms with Gasteiger partial charge in [0, 0.05) is 18.9 Å². The highest BCUT2D eigenvalue weighted by molar-refractivity contribution is 5.72. The second-order valence-electron chi connectivity index (χ2n) is 3.02. The van der Waals surface area contributed by atoms with Gasteiger partial charge in [0.05, 0.1) is 13.0 Å². The standard InChI is InChI=1S/C10H14N2O2/c1-14-10(13)9(7-11)6-8-2-4-12-5-3-8/h2-5,9H,6-7,11H2,1H3. The van der Waals surface area contributed by atoms with Crippen LogP contribution in [0.1, 0.15) is 5.56 Å². The fraction of sp³-hybridized carbons (Fsp3) is 0.400. The molecule has 1 aromatic heterocycles. The van der Waals surface area contributed by atoms with Gasteiger partial charge in [-0.1, -0.05) is 0 Å². The summed E-state index contributed by atoms with van der Waals surface area (Å²) in [6.07, 6.45) is 3.99. The highest BCUT2D eigenvalue weighted by Crippen LogP contribution is 2.08. The Balaban J connectivity index is 2.62. The Morgan fingerprint density at radius 3 is 2.71 bits per heavy atom. The number of hydrogen-bond donors (Lipinski definition) is 1. The Labute approximate surface area is 83.1 Å². The van der Waals surface area contributed by atoms with Crippen LogP contribution in [0.2, 0.25) is 0 Å². The number of esters is 1. The van der Waals surface area contributed by atoms with Crippen LogP contribution in [0, 0.1) is 5.92 Å². The summed E-state index contributed by atoms with van der Waals surface area (Å²) in [5, 5.41) is 0. The average molecular weight is 194 g/mol. The van der Waals surface area contributed by atoms with Crippen LogP contribution >= 0.6 is 0 Å². The summed E-state index contributed by atoms with van der Waals surface area (Å²) in [6.45, 7) is 0.301. The number of ether oxygens (including phenoxy) is 1. The van der Waals surface area contributed by atoms with Gasteiger partial charge < -0.3 is 10.5 Å². The molecular weight excluding hydrogens is 180 g/mol. The number of nitrogens with zero attached hydrogens (tertiary/aromatic N) is 1. The van der Waals surface area contributed by atoms with Crippen molar-refractivity contribution in [1.29, 1.82) is 0 Å². The summed E-state index contributed by atoms with van der Waals surface area (Å²) >= 11 is 0. The first kappa shape index (κ1) is 10.7. The molecule has 4 nitrogen and oxygen atoms in total. The molecule has 0 saturated carbocycles. The van der Waals surface area contributed by atoms with Crippen molar-refractivity contribution in [3.8, 4) is 0 Å². The van der Waals surface area contributed by atoms with Crippen LogP contribution in [0.4, 0.5) is 0 Å². The molecule has 1 heterocycles. The Bertz CT molecular complexity index is 287.